The number of rotatable bonds is 2. The van der Waals surface area contributed by atoms with Crippen molar-refractivity contribution in [3.05, 3.63) is 41.2 Å². The lowest BCUT2D eigenvalue weighted by atomic mass is 9.95. The molecular formula is C16H16ClN3O. The number of aromatic nitrogens is 1. The van der Waals surface area contributed by atoms with Gasteiger partial charge in [-0.25, -0.2) is 0 Å². The number of fused-ring (bicyclic) bond motifs is 3. The van der Waals surface area contributed by atoms with Crippen molar-refractivity contribution in [2.24, 2.45) is 0 Å². The Hall–Kier alpha value is -1.65. The minimum Gasteiger partial charge on any atom is -0.346 e. The summed E-state index contributed by atoms with van der Waals surface area (Å²) >= 11 is 6.19. The molecule has 2 aromatic rings. The monoisotopic (exact) mass is 301 g/mol. The van der Waals surface area contributed by atoms with Crippen LogP contribution in [0.4, 0.5) is 0 Å². The summed E-state index contributed by atoms with van der Waals surface area (Å²) in [6, 6.07) is 8.63. The first-order valence-electron chi connectivity index (χ1n) is 7.32. The first-order valence-corrected chi connectivity index (χ1v) is 7.70. The first-order chi connectivity index (χ1) is 10.2. The molecule has 2 saturated heterocycles. The van der Waals surface area contributed by atoms with Gasteiger partial charge < -0.3 is 10.6 Å². The highest BCUT2D eigenvalue weighted by Gasteiger charge is 2.39. The van der Waals surface area contributed by atoms with Crippen LogP contribution in [0.5, 0.6) is 0 Å². The maximum atomic E-state index is 12.4. The van der Waals surface area contributed by atoms with Gasteiger partial charge in [0.05, 0.1) is 0 Å². The van der Waals surface area contributed by atoms with Crippen molar-refractivity contribution in [3.63, 3.8) is 0 Å². The zero-order valence-corrected chi connectivity index (χ0v) is 12.2. The Labute approximate surface area is 127 Å². The van der Waals surface area contributed by atoms with E-state index in [1.54, 1.807) is 12.3 Å². The highest BCUT2D eigenvalue weighted by molar-refractivity contribution is 6.35. The number of nitrogens with zero attached hydrogens (tertiary/aromatic N) is 1. The molecule has 3 atom stereocenters. The van der Waals surface area contributed by atoms with E-state index in [9.17, 15) is 4.79 Å². The van der Waals surface area contributed by atoms with Gasteiger partial charge in [0.15, 0.2) is 0 Å². The molecule has 3 heterocycles. The third-order valence-electron chi connectivity index (χ3n) is 4.56. The van der Waals surface area contributed by atoms with E-state index in [1.165, 1.54) is 6.42 Å². The van der Waals surface area contributed by atoms with E-state index < -0.39 is 0 Å². The molecular weight excluding hydrogens is 286 g/mol. The normalized spacial score (nSPS) is 27.2. The van der Waals surface area contributed by atoms with Gasteiger partial charge in [0.1, 0.15) is 5.69 Å². The molecule has 0 radical (unpaired) electrons. The quantitative estimate of drug-likeness (QED) is 0.896. The molecule has 2 aliphatic rings. The Bertz CT molecular complexity index is 718. The van der Waals surface area contributed by atoms with Gasteiger partial charge in [0.25, 0.3) is 5.91 Å². The predicted molar refractivity (Wildman–Crippen MR) is 82.6 cm³/mol. The lowest BCUT2D eigenvalue weighted by Crippen LogP contribution is -2.43. The van der Waals surface area contributed by atoms with E-state index in [0.29, 0.717) is 22.8 Å². The molecule has 1 aromatic carbocycles. The Morgan fingerprint density at radius 2 is 2.29 bits per heavy atom. The fourth-order valence-corrected chi connectivity index (χ4v) is 3.72. The molecule has 2 fully saturated rings. The van der Waals surface area contributed by atoms with Crippen molar-refractivity contribution in [2.45, 2.75) is 37.4 Å². The van der Waals surface area contributed by atoms with Gasteiger partial charge in [-0.3, -0.25) is 9.78 Å². The number of benzene rings is 1. The summed E-state index contributed by atoms with van der Waals surface area (Å²) in [4.78, 5) is 16.6. The molecule has 1 amide bonds. The molecule has 2 bridgehead atoms. The minimum absolute atomic E-state index is 0.115. The van der Waals surface area contributed by atoms with Crippen LogP contribution in [-0.2, 0) is 0 Å². The molecule has 0 saturated carbocycles. The van der Waals surface area contributed by atoms with Crippen LogP contribution in [0.15, 0.2) is 30.5 Å². The van der Waals surface area contributed by atoms with E-state index in [-0.39, 0.29) is 11.9 Å². The highest BCUT2D eigenvalue weighted by atomic mass is 35.5. The van der Waals surface area contributed by atoms with Crippen LogP contribution >= 0.6 is 11.6 Å². The second kappa shape index (κ2) is 4.97. The van der Waals surface area contributed by atoms with E-state index >= 15 is 0 Å². The molecule has 0 aliphatic carbocycles. The second-order valence-corrected chi connectivity index (χ2v) is 6.30. The molecule has 1 aromatic heterocycles. The summed E-state index contributed by atoms with van der Waals surface area (Å²) in [7, 11) is 0. The lowest BCUT2D eigenvalue weighted by Gasteiger charge is -2.21. The second-order valence-electron chi connectivity index (χ2n) is 5.89. The average molecular weight is 302 g/mol. The van der Waals surface area contributed by atoms with Crippen LogP contribution in [-0.4, -0.2) is 29.0 Å². The Morgan fingerprint density at radius 1 is 1.38 bits per heavy atom. The van der Waals surface area contributed by atoms with E-state index in [2.05, 4.69) is 15.6 Å². The summed E-state index contributed by atoms with van der Waals surface area (Å²) in [5.74, 6) is -0.115. The Kier molecular flexibility index (Phi) is 3.08. The van der Waals surface area contributed by atoms with Gasteiger partial charge >= 0.3 is 0 Å². The smallest absolute Gasteiger partial charge is 0.270 e. The first kappa shape index (κ1) is 13.0. The molecule has 0 spiro atoms. The fourth-order valence-electron chi connectivity index (χ4n) is 3.48. The van der Waals surface area contributed by atoms with Crippen molar-refractivity contribution in [1.29, 1.82) is 0 Å². The van der Waals surface area contributed by atoms with Gasteiger partial charge in [-0.05, 0) is 31.4 Å². The predicted octanol–water partition coefficient (Wildman–Crippen LogP) is 2.51. The third-order valence-corrected chi connectivity index (χ3v) is 4.89. The van der Waals surface area contributed by atoms with Crippen molar-refractivity contribution in [2.75, 3.05) is 0 Å². The summed E-state index contributed by atoms with van der Waals surface area (Å²) in [5.41, 5.74) is 0.429. The van der Waals surface area contributed by atoms with Crippen LogP contribution in [0.1, 0.15) is 29.8 Å². The van der Waals surface area contributed by atoms with Crippen LogP contribution in [0.3, 0.4) is 0 Å². The molecule has 3 unspecified atom stereocenters. The van der Waals surface area contributed by atoms with Gasteiger partial charge in [-0.2, -0.15) is 0 Å². The summed E-state index contributed by atoms with van der Waals surface area (Å²) in [6.45, 7) is 0. The summed E-state index contributed by atoms with van der Waals surface area (Å²) in [6.07, 6.45) is 5.09. The molecule has 21 heavy (non-hydrogen) atoms. The zero-order valence-electron chi connectivity index (χ0n) is 11.5. The molecule has 4 nitrogen and oxygen atoms in total. The third kappa shape index (κ3) is 2.28. The highest BCUT2D eigenvalue weighted by Crippen LogP contribution is 2.28. The number of carbonyl (C=O) groups is 1. The number of nitrogens with one attached hydrogen (secondary N) is 2. The Balaban J connectivity index is 1.58. The topological polar surface area (TPSA) is 54.0 Å². The fraction of sp³-hybridized carbons (Fsp3) is 0.375. The van der Waals surface area contributed by atoms with Crippen LogP contribution in [0, 0.1) is 0 Å². The molecule has 2 aliphatic heterocycles. The molecule has 108 valence electrons. The van der Waals surface area contributed by atoms with Crippen molar-refractivity contribution in [3.8, 4) is 0 Å². The van der Waals surface area contributed by atoms with E-state index in [0.717, 1.165) is 23.6 Å². The largest absolute Gasteiger partial charge is 0.346 e. The van der Waals surface area contributed by atoms with Gasteiger partial charge in [0, 0.05) is 40.1 Å². The van der Waals surface area contributed by atoms with Crippen molar-refractivity contribution < 1.29 is 4.79 Å². The molecule has 2 N–H and O–H groups in total. The lowest BCUT2D eigenvalue weighted by molar-refractivity contribution is 0.0926. The number of carbonyl (C=O) groups excluding carboxylic acids is 1. The number of hydrogen-bond donors (Lipinski definition) is 2. The number of hydrogen-bond acceptors (Lipinski definition) is 3. The van der Waals surface area contributed by atoms with Gasteiger partial charge in [-0.1, -0.05) is 23.7 Å². The Morgan fingerprint density at radius 3 is 3.05 bits per heavy atom. The SMILES string of the molecule is O=C(NC1CC2CCC1N2)c1cc2c(Cl)cccc2cn1. The minimum atomic E-state index is -0.115. The standard InChI is InChI=1S/C16H16ClN3O/c17-12-3-1-2-9-8-18-15(7-11(9)12)16(21)20-14-6-10-4-5-13(14)19-10/h1-3,7-8,10,13-14,19H,4-6H2,(H,20,21). The van der Waals surface area contributed by atoms with Crippen molar-refractivity contribution in [1.82, 2.24) is 15.6 Å². The number of pyridine rings is 1. The maximum Gasteiger partial charge on any atom is 0.270 e. The van der Waals surface area contributed by atoms with Gasteiger partial charge in [-0.15, -0.1) is 0 Å². The average Bonchev–Trinajstić information content (AvgIpc) is 3.10. The van der Waals surface area contributed by atoms with Crippen LogP contribution in [0.25, 0.3) is 10.8 Å². The number of amides is 1. The summed E-state index contributed by atoms with van der Waals surface area (Å²) < 4.78 is 0. The molecule has 4 rings (SSSR count). The summed E-state index contributed by atoms with van der Waals surface area (Å²) in [5, 5.41) is 9.08. The zero-order chi connectivity index (χ0) is 14.4. The van der Waals surface area contributed by atoms with E-state index in [1.807, 2.05) is 18.2 Å². The molecule has 5 heteroatoms. The van der Waals surface area contributed by atoms with Crippen molar-refractivity contribution >= 4 is 28.3 Å². The van der Waals surface area contributed by atoms with Crippen LogP contribution in [0.2, 0.25) is 5.02 Å². The van der Waals surface area contributed by atoms with Crippen LogP contribution < -0.4 is 10.6 Å². The maximum absolute atomic E-state index is 12.4. The van der Waals surface area contributed by atoms with Gasteiger partial charge in [0.2, 0.25) is 0 Å². The number of halogens is 1. The van der Waals surface area contributed by atoms with E-state index in [4.69, 9.17) is 11.6 Å².